The topological polar surface area (TPSA) is 29.4 Å². The number of carbonyl (C=O) groups excluding carboxylic acids is 1. The average Bonchev–Trinajstić information content (AvgIpc) is 1.69. The van der Waals surface area contributed by atoms with Crippen LogP contribution in [0, 0.1) is 0 Å². The van der Waals surface area contributed by atoms with Crippen molar-refractivity contribution >= 4 is 49.2 Å². The third-order valence-corrected chi connectivity index (χ3v) is 0.729. The van der Waals surface area contributed by atoms with Crippen molar-refractivity contribution in [2.45, 2.75) is 6.42 Å². The van der Waals surface area contributed by atoms with Gasteiger partial charge in [0.15, 0.2) is 5.78 Å². The predicted molar refractivity (Wildman–Crippen MR) is 49.0 cm³/mol. The molecule has 1 heterocycles. The quantitative estimate of drug-likeness (QED) is 0.592. The molecule has 1 rings (SSSR count). The Morgan fingerprint density at radius 1 is 1.30 bits per heavy atom. The van der Waals surface area contributed by atoms with Gasteiger partial charge in [0, 0.05) is 12.6 Å². The molecule has 1 aliphatic heterocycles. The Hall–Kier alpha value is -0.0500. The molecule has 0 bridgehead atoms. The summed E-state index contributed by atoms with van der Waals surface area (Å²) in [6.45, 7) is 0. The molecule has 1 aliphatic rings. The molecule has 2 nitrogen and oxygen atoms in total. The summed E-state index contributed by atoms with van der Waals surface area (Å²) in [6, 6.07) is 0. The highest BCUT2D eigenvalue weighted by Crippen LogP contribution is 1.89. The van der Waals surface area contributed by atoms with E-state index in [9.17, 15) is 4.79 Å². The highest BCUT2D eigenvalue weighted by atomic mass is 35.5. The summed E-state index contributed by atoms with van der Waals surface area (Å²) in [4.78, 5) is 13.9. The van der Waals surface area contributed by atoms with Crippen molar-refractivity contribution < 1.29 is 4.79 Å². The maximum absolute atomic E-state index is 10.3. The van der Waals surface area contributed by atoms with Crippen LogP contribution in [0.2, 0.25) is 0 Å². The third kappa shape index (κ3) is 6.08. The van der Waals surface area contributed by atoms with Crippen molar-refractivity contribution in [1.29, 1.82) is 0 Å². The first-order valence-electron chi connectivity index (χ1n) is 2.10. The largest absolute Gasteiger partial charge is 0.293 e. The molecule has 0 saturated carbocycles. The summed E-state index contributed by atoms with van der Waals surface area (Å²) < 4.78 is 0. The van der Waals surface area contributed by atoms with Crippen molar-refractivity contribution in [3.63, 3.8) is 0 Å². The van der Waals surface area contributed by atoms with Gasteiger partial charge in [-0.3, -0.25) is 9.79 Å². The van der Waals surface area contributed by atoms with Crippen LogP contribution in [0.25, 0.3) is 0 Å². The number of ketones is 1. The number of allylic oxidation sites excluding steroid dienone is 1. The van der Waals surface area contributed by atoms with E-state index in [0.717, 1.165) is 0 Å². The monoisotopic (exact) mass is 203 g/mol. The van der Waals surface area contributed by atoms with Gasteiger partial charge in [-0.05, 0) is 0 Å². The van der Waals surface area contributed by atoms with Crippen LogP contribution in [0.5, 0.6) is 0 Å². The van der Waals surface area contributed by atoms with Crippen LogP contribution in [-0.4, -0.2) is 12.0 Å². The van der Waals surface area contributed by atoms with E-state index in [1.807, 2.05) is 0 Å². The van der Waals surface area contributed by atoms with Gasteiger partial charge in [-0.2, -0.15) is 0 Å². The molecule has 0 aromatic heterocycles. The van der Waals surface area contributed by atoms with Gasteiger partial charge in [-0.15, -0.1) is 37.2 Å². The molecule has 5 heteroatoms. The first-order valence-corrected chi connectivity index (χ1v) is 2.10. The van der Waals surface area contributed by atoms with Crippen LogP contribution in [0.4, 0.5) is 0 Å². The summed E-state index contributed by atoms with van der Waals surface area (Å²) in [5, 5.41) is 0. The molecule has 0 aromatic rings. The van der Waals surface area contributed by atoms with Crippen LogP contribution >= 0.6 is 37.2 Å². The minimum absolute atomic E-state index is 0. The van der Waals surface area contributed by atoms with Gasteiger partial charge in [0.2, 0.25) is 0 Å². The van der Waals surface area contributed by atoms with Crippen LogP contribution in [0.15, 0.2) is 17.3 Å². The smallest absolute Gasteiger partial charge is 0.177 e. The molecule has 0 amide bonds. The fourth-order valence-electron chi connectivity index (χ4n) is 0.409. The van der Waals surface area contributed by atoms with E-state index >= 15 is 0 Å². The first-order chi connectivity index (χ1) is 3.39. The molecule has 0 aliphatic carbocycles. The number of hydrogen-bond donors (Lipinski definition) is 0. The highest BCUT2D eigenvalue weighted by Gasteiger charge is 1.93. The zero-order valence-electron chi connectivity index (χ0n) is 5.02. The van der Waals surface area contributed by atoms with E-state index in [1.165, 1.54) is 6.21 Å². The lowest BCUT2D eigenvalue weighted by atomic mass is 10.3. The Balaban J connectivity index is -0.000000163. The SMILES string of the molecule is Cl.Cl.Cl.O=C1C=NC=CC1. The third-order valence-electron chi connectivity index (χ3n) is 0.729. The van der Waals surface area contributed by atoms with Crippen molar-refractivity contribution in [1.82, 2.24) is 0 Å². The summed E-state index contributed by atoms with van der Waals surface area (Å²) in [7, 11) is 0. The Labute approximate surface area is 78.0 Å². The molecular weight excluding hydrogens is 196 g/mol. The summed E-state index contributed by atoms with van der Waals surface area (Å²) in [5.74, 6) is 0.0856. The molecule has 0 saturated heterocycles. The van der Waals surface area contributed by atoms with Crippen molar-refractivity contribution in [3.8, 4) is 0 Å². The minimum Gasteiger partial charge on any atom is -0.293 e. The number of Topliss-reactive ketones (excluding diaryl/α,β-unsaturated/α-hetero) is 1. The average molecular weight is 204 g/mol. The number of halogens is 3. The van der Waals surface area contributed by atoms with Gasteiger partial charge in [-0.1, -0.05) is 6.08 Å². The predicted octanol–water partition coefficient (Wildman–Crippen LogP) is 1.81. The number of hydrogen-bond acceptors (Lipinski definition) is 2. The Kier molecular flexibility index (Phi) is 14.8. The molecule has 10 heavy (non-hydrogen) atoms. The molecule has 0 unspecified atom stereocenters. The second kappa shape index (κ2) is 8.95. The van der Waals surface area contributed by atoms with Crippen LogP contribution < -0.4 is 0 Å². The lowest BCUT2D eigenvalue weighted by Crippen LogP contribution is -1.98. The second-order valence-corrected chi connectivity index (χ2v) is 1.33. The Morgan fingerprint density at radius 3 is 2.10 bits per heavy atom. The molecular formula is C5H8Cl3NO. The van der Waals surface area contributed by atoms with Crippen molar-refractivity contribution in [2.75, 3.05) is 0 Å². The molecule has 0 fully saturated rings. The lowest BCUT2D eigenvalue weighted by Gasteiger charge is -1.88. The molecule has 0 spiro atoms. The van der Waals surface area contributed by atoms with E-state index in [2.05, 4.69) is 4.99 Å². The van der Waals surface area contributed by atoms with E-state index in [0.29, 0.717) is 6.42 Å². The van der Waals surface area contributed by atoms with Gasteiger partial charge in [0.25, 0.3) is 0 Å². The lowest BCUT2D eigenvalue weighted by molar-refractivity contribution is -0.111. The summed E-state index contributed by atoms with van der Waals surface area (Å²) in [5.41, 5.74) is 0. The number of nitrogens with zero attached hydrogens (tertiary/aromatic N) is 1. The van der Waals surface area contributed by atoms with Crippen LogP contribution in [0.1, 0.15) is 6.42 Å². The second-order valence-electron chi connectivity index (χ2n) is 1.33. The number of carbonyl (C=O) groups is 1. The van der Waals surface area contributed by atoms with Crippen molar-refractivity contribution in [3.05, 3.63) is 12.3 Å². The maximum Gasteiger partial charge on any atom is 0.177 e. The fourth-order valence-corrected chi connectivity index (χ4v) is 0.409. The molecule has 0 radical (unpaired) electrons. The van der Waals surface area contributed by atoms with Gasteiger partial charge in [0.1, 0.15) is 0 Å². The zero-order chi connectivity index (χ0) is 5.11. The van der Waals surface area contributed by atoms with Crippen LogP contribution in [-0.2, 0) is 4.79 Å². The number of rotatable bonds is 0. The van der Waals surface area contributed by atoms with Gasteiger partial charge in [-0.25, -0.2) is 0 Å². The fraction of sp³-hybridized carbons (Fsp3) is 0.200. The van der Waals surface area contributed by atoms with Crippen molar-refractivity contribution in [2.24, 2.45) is 4.99 Å². The van der Waals surface area contributed by atoms with E-state index in [-0.39, 0.29) is 43.0 Å². The Morgan fingerprint density at radius 2 is 1.90 bits per heavy atom. The summed E-state index contributed by atoms with van der Waals surface area (Å²) >= 11 is 0. The highest BCUT2D eigenvalue weighted by molar-refractivity contribution is 6.28. The zero-order valence-corrected chi connectivity index (χ0v) is 7.47. The standard InChI is InChI=1S/C5H5NO.3ClH/c7-5-2-1-3-6-4-5;;;/h1,3-4H,2H2;3*1H. The van der Waals surface area contributed by atoms with Gasteiger partial charge in [0.05, 0.1) is 6.21 Å². The molecule has 0 aromatic carbocycles. The van der Waals surface area contributed by atoms with E-state index < -0.39 is 0 Å². The maximum atomic E-state index is 10.3. The van der Waals surface area contributed by atoms with Crippen LogP contribution in [0.3, 0.4) is 0 Å². The van der Waals surface area contributed by atoms with Gasteiger partial charge >= 0.3 is 0 Å². The molecule has 0 N–H and O–H groups in total. The van der Waals surface area contributed by atoms with E-state index in [4.69, 9.17) is 0 Å². The minimum atomic E-state index is 0. The van der Waals surface area contributed by atoms with E-state index in [1.54, 1.807) is 12.3 Å². The molecule has 0 atom stereocenters. The summed E-state index contributed by atoms with van der Waals surface area (Å²) in [6.07, 6.45) is 5.22. The molecule has 60 valence electrons. The first kappa shape index (κ1) is 16.5. The van der Waals surface area contributed by atoms with Gasteiger partial charge < -0.3 is 0 Å². The number of aliphatic imine (C=N–C) groups is 1. The normalized spacial score (nSPS) is 12.6. The Bertz CT molecular complexity index is 144.